The van der Waals surface area contributed by atoms with E-state index in [-0.39, 0.29) is 0 Å². The van der Waals surface area contributed by atoms with Crippen molar-refractivity contribution in [2.24, 2.45) is 5.92 Å². The minimum atomic E-state index is 0.775. The van der Waals surface area contributed by atoms with E-state index in [1.807, 2.05) is 0 Å². The molecule has 1 rings (SSSR count). The fourth-order valence-corrected chi connectivity index (χ4v) is 2.77. The highest BCUT2D eigenvalue weighted by molar-refractivity contribution is 7.99. The second-order valence-corrected chi connectivity index (χ2v) is 5.50. The molecule has 1 N–H and O–H groups in total. The normalized spacial score (nSPS) is 18.4. The Morgan fingerprint density at radius 2 is 2.14 bits per heavy atom. The molecule has 1 saturated carbocycles. The monoisotopic (exact) mass is 215 g/mol. The Balaban J connectivity index is 2.02. The van der Waals surface area contributed by atoms with Crippen LogP contribution in [0.15, 0.2) is 0 Å². The van der Waals surface area contributed by atoms with Crippen LogP contribution in [0.2, 0.25) is 0 Å². The van der Waals surface area contributed by atoms with E-state index in [0.717, 1.165) is 18.5 Å². The van der Waals surface area contributed by atoms with Gasteiger partial charge in [-0.25, -0.2) is 0 Å². The molecule has 0 heterocycles. The van der Waals surface area contributed by atoms with Crippen molar-refractivity contribution in [3.05, 3.63) is 0 Å². The maximum absolute atomic E-state index is 3.60. The van der Waals surface area contributed by atoms with E-state index in [1.165, 1.54) is 43.6 Å². The van der Waals surface area contributed by atoms with Gasteiger partial charge in [0.1, 0.15) is 0 Å². The van der Waals surface area contributed by atoms with E-state index in [4.69, 9.17) is 0 Å². The van der Waals surface area contributed by atoms with Gasteiger partial charge in [0, 0.05) is 11.8 Å². The van der Waals surface area contributed by atoms with Crippen LogP contribution in [0.5, 0.6) is 0 Å². The molecule has 0 amide bonds. The van der Waals surface area contributed by atoms with Gasteiger partial charge in [0.2, 0.25) is 0 Å². The highest BCUT2D eigenvalue weighted by atomic mass is 32.2. The summed E-state index contributed by atoms with van der Waals surface area (Å²) in [4.78, 5) is 0. The number of rotatable bonds is 9. The molecule has 84 valence electrons. The Kier molecular flexibility index (Phi) is 6.70. The lowest BCUT2D eigenvalue weighted by Crippen LogP contribution is -2.31. The molecule has 2 heteroatoms. The summed E-state index contributed by atoms with van der Waals surface area (Å²) >= 11 is 2.11. The van der Waals surface area contributed by atoms with Crippen molar-refractivity contribution in [3.63, 3.8) is 0 Å². The molecule has 1 fully saturated rings. The highest BCUT2D eigenvalue weighted by Gasteiger charge is 2.22. The Morgan fingerprint density at radius 1 is 1.36 bits per heavy atom. The van der Waals surface area contributed by atoms with E-state index < -0.39 is 0 Å². The van der Waals surface area contributed by atoms with E-state index in [0.29, 0.717) is 0 Å². The van der Waals surface area contributed by atoms with Gasteiger partial charge in [0.25, 0.3) is 0 Å². The molecule has 1 nitrogen and oxygen atoms in total. The zero-order valence-corrected chi connectivity index (χ0v) is 10.5. The molecule has 0 aromatic rings. The lowest BCUT2D eigenvalue weighted by Gasteiger charge is -2.17. The molecule has 1 aliphatic carbocycles. The summed E-state index contributed by atoms with van der Waals surface area (Å²) < 4.78 is 0. The molecule has 0 spiro atoms. The second kappa shape index (κ2) is 7.58. The van der Waals surface area contributed by atoms with Crippen LogP contribution < -0.4 is 5.32 Å². The number of thioether (sulfide) groups is 1. The van der Waals surface area contributed by atoms with Gasteiger partial charge >= 0.3 is 0 Å². The maximum Gasteiger partial charge on any atom is 0.0158 e. The fraction of sp³-hybridized carbons (Fsp3) is 1.00. The average Bonchev–Trinajstić information content (AvgIpc) is 2.98. The van der Waals surface area contributed by atoms with Crippen molar-refractivity contribution in [1.82, 2.24) is 5.32 Å². The summed E-state index contributed by atoms with van der Waals surface area (Å²) in [6, 6.07) is 0.775. The van der Waals surface area contributed by atoms with Gasteiger partial charge in [-0.3, -0.25) is 0 Å². The van der Waals surface area contributed by atoms with Crippen molar-refractivity contribution in [2.45, 2.75) is 52.0 Å². The number of hydrogen-bond donors (Lipinski definition) is 1. The first-order chi connectivity index (χ1) is 6.86. The Labute approximate surface area is 93.4 Å². The van der Waals surface area contributed by atoms with Gasteiger partial charge in [0.05, 0.1) is 0 Å². The molecule has 0 aromatic carbocycles. The predicted molar refractivity (Wildman–Crippen MR) is 67.0 cm³/mol. The molecule has 1 atom stereocenters. The van der Waals surface area contributed by atoms with Crippen LogP contribution in [-0.2, 0) is 0 Å². The van der Waals surface area contributed by atoms with Crippen molar-refractivity contribution >= 4 is 11.8 Å². The smallest absolute Gasteiger partial charge is 0.0158 e. The van der Waals surface area contributed by atoms with Crippen LogP contribution in [0.4, 0.5) is 0 Å². The topological polar surface area (TPSA) is 12.0 Å². The third kappa shape index (κ3) is 5.92. The van der Waals surface area contributed by atoms with Crippen molar-refractivity contribution < 1.29 is 0 Å². The van der Waals surface area contributed by atoms with Gasteiger partial charge in [-0.05, 0) is 37.5 Å². The molecule has 0 aliphatic heterocycles. The molecule has 1 aliphatic rings. The van der Waals surface area contributed by atoms with Crippen LogP contribution >= 0.6 is 11.8 Å². The zero-order valence-electron chi connectivity index (χ0n) is 9.72. The first-order valence-corrected chi connectivity index (χ1v) is 7.33. The molecule has 0 radical (unpaired) electrons. The second-order valence-electron chi connectivity index (χ2n) is 4.35. The van der Waals surface area contributed by atoms with E-state index in [2.05, 4.69) is 30.9 Å². The Bertz CT molecular complexity index is 134. The average molecular weight is 215 g/mol. The molecule has 0 aromatic heterocycles. The lowest BCUT2D eigenvalue weighted by molar-refractivity contribution is 0.501. The Hall–Kier alpha value is 0.310. The SMILES string of the molecule is CCCSCC(CCC1CC1)NCC. The maximum atomic E-state index is 3.60. The molecule has 14 heavy (non-hydrogen) atoms. The summed E-state index contributed by atoms with van der Waals surface area (Å²) in [7, 11) is 0. The van der Waals surface area contributed by atoms with E-state index in [1.54, 1.807) is 0 Å². The van der Waals surface area contributed by atoms with E-state index in [9.17, 15) is 0 Å². The van der Waals surface area contributed by atoms with Crippen molar-refractivity contribution in [2.75, 3.05) is 18.1 Å². The first-order valence-electron chi connectivity index (χ1n) is 6.18. The van der Waals surface area contributed by atoms with Gasteiger partial charge in [-0.1, -0.05) is 26.7 Å². The molecular weight excluding hydrogens is 190 g/mol. The number of hydrogen-bond acceptors (Lipinski definition) is 2. The minimum Gasteiger partial charge on any atom is -0.313 e. The summed E-state index contributed by atoms with van der Waals surface area (Å²) in [6.07, 6.45) is 7.17. The van der Waals surface area contributed by atoms with Crippen LogP contribution in [0.1, 0.15) is 46.0 Å². The summed E-state index contributed by atoms with van der Waals surface area (Å²) in [5.41, 5.74) is 0. The summed E-state index contributed by atoms with van der Waals surface area (Å²) in [5, 5.41) is 3.60. The molecule has 1 unspecified atom stereocenters. The first kappa shape index (κ1) is 12.4. The molecular formula is C12H25NS. The lowest BCUT2D eigenvalue weighted by atomic mass is 10.1. The summed E-state index contributed by atoms with van der Waals surface area (Å²) in [6.45, 7) is 5.61. The third-order valence-corrected chi connectivity index (χ3v) is 4.12. The minimum absolute atomic E-state index is 0.775. The van der Waals surface area contributed by atoms with Crippen LogP contribution in [0.3, 0.4) is 0 Å². The summed E-state index contributed by atoms with van der Waals surface area (Å²) in [5.74, 6) is 3.73. The van der Waals surface area contributed by atoms with E-state index >= 15 is 0 Å². The Morgan fingerprint density at radius 3 is 2.71 bits per heavy atom. The van der Waals surface area contributed by atoms with Crippen LogP contribution in [-0.4, -0.2) is 24.1 Å². The quantitative estimate of drug-likeness (QED) is 0.592. The van der Waals surface area contributed by atoms with Crippen LogP contribution in [0, 0.1) is 5.92 Å². The number of nitrogens with one attached hydrogen (secondary N) is 1. The van der Waals surface area contributed by atoms with Crippen molar-refractivity contribution in [1.29, 1.82) is 0 Å². The van der Waals surface area contributed by atoms with Crippen molar-refractivity contribution in [3.8, 4) is 0 Å². The largest absolute Gasteiger partial charge is 0.313 e. The van der Waals surface area contributed by atoms with Gasteiger partial charge in [-0.15, -0.1) is 0 Å². The molecule has 0 bridgehead atoms. The zero-order chi connectivity index (χ0) is 10.2. The predicted octanol–water partition coefficient (Wildman–Crippen LogP) is 3.30. The third-order valence-electron chi connectivity index (χ3n) is 2.78. The van der Waals surface area contributed by atoms with Gasteiger partial charge in [0.15, 0.2) is 0 Å². The van der Waals surface area contributed by atoms with Gasteiger partial charge in [-0.2, -0.15) is 11.8 Å². The standard InChI is InChI=1S/C12H25NS/c1-3-9-14-10-12(13-4-2)8-7-11-5-6-11/h11-13H,3-10H2,1-2H3. The molecule has 0 saturated heterocycles. The van der Waals surface area contributed by atoms with Crippen LogP contribution in [0.25, 0.3) is 0 Å². The highest BCUT2D eigenvalue weighted by Crippen LogP contribution is 2.34. The van der Waals surface area contributed by atoms with Gasteiger partial charge < -0.3 is 5.32 Å². The fourth-order valence-electron chi connectivity index (χ4n) is 1.75.